The molecule has 4 rings (SSSR count). The molecule has 0 saturated carbocycles. The zero-order valence-corrected chi connectivity index (χ0v) is 19.2. The topological polar surface area (TPSA) is 114 Å². The smallest absolute Gasteiger partial charge is 0.407 e. The third-order valence-electron chi connectivity index (χ3n) is 6.53. The molecule has 2 aliphatic rings. The van der Waals surface area contributed by atoms with Gasteiger partial charge < -0.3 is 25.2 Å². The van der Waals surface area contributed by atoms with Crippen molar-refractivity contribution in [1.29, 1.82) is 0 Å². The van der Waals surface area contributed by atoms with Crippen LogP contribution < -0.4 is 10.6 Å². The molecule has 1 aliphatic carbocycles. The molecular weight excluding hydrogens is 436 g/mol. The van der Waals surface area contributed by atoms with E-state index in [9.17, 15) is 14.4 Å². The summed E-state index contributed by atoms with van der Waals surface area (Å²) < 4.78 is 11.2. The van der Waals surface area contributed by atoms with Gasteiger partial charge in [0.05, 0.1) is 25.0 Å². The second kappa shape index (κ2) is 10.7. The molecule has 0 bridgehead atoms. The molecule has 1 aliphatic heterocycles. The van der Waals surface area contributed by atoms with Crippen LogP contribution >= 0.6 is 0 Å². The lowest BCUT2D eigenvalue weighted by Crippen LogP contribution is -2.40. The number of ether oxygens (including phenoxy) is 2. The highest BCUT2D eigenvalue weighted by Crippen LogP contribution is 2.44. The summed E-state index contributed by atoms with van der Waals surface area (Å²) in [5.41, 5.74) is 4.64. The Morgan fingerprint density at radius 2 is 1.74 bits per heavy atom. The summed E-state index contributed by atoms with van der Waals surface area (Å²) >= 11 is 0. The number of hydrogen-bond donors (Lipinski definition) is 3. The van der Waals surface area contributed by atoms with Gasteiger partial charge in [0.15, 0.2) is 0 Å². The highest BCUT2D eigenvalue weighted by atomic mass is 16.5. The number of hydrogen-bond acceptors (Lipinski definition) is 5. The minimum atomic E-state index is -0.944. The van der Waals surface area contributed by atoms with Crippen molar-refractivity contribution in [3.8, 4) is 11.1 Å². The zero-order chi connectivity index (χ0) is 24.1. The third kappa shape index (κ3) is 5.39. The van der Waals surface area contributed by atoms with Gasteiger partial charge in [-0.25, -0.2) is 4.79 Å². The largest absolute Gasteiger partial charge is 0.481 e. The predicted octanol–water partition coefficient (Wildman–Crippen LogP) is 3.30. The first-order valence-corrected chi connectivity index (χ1v) is 11.7. The van der Waals surface area contributed by atoms with Crippen molar-refractivity contribution in [2.75, 3.05) is 19.8 Å². The molecule has 8 heteroatoms. The fourth-order valence-electron chi connectivity index (χ4n) is 4.70. The molecule has 2 aromatic rings. The average Bonchev–Trinajstić information content (AvgIpc) is 3.44. The first-order chi connectivity index (χ1) is 16.5. The molecule has 0 spiro atoms. The summed E-state index contributed by atoms with van der Waals surface area (Å²) in [6.07, 6.45) is 0.0709. The molecule has 0 aromatic heterocycles. The maximum Gasteiger partial charge on any atom is 0.407 e. The fourth-order valence-corrected chi connectivity index (χ4v) is 4.70. The molecule has 1 saturated heterocycles. The second-order valence-electron chi connectivity index (χ2n) is 8.81. The Bertz CT molecular complexity index is 1010. The first-order valence-electron chi connectivity index (χ1n) is 11.7. The summed E-state index contributed by atoms with van der Waals surface area (Å²) in [5, 5.41) is 14.5. The number of carbonyl (C=O) groups excluding carboxylic acids is 2. The van der Waals surface area contributed by atoms with Crippen LogP contribution in [-0.2, 0) is 19.1 Å². The van der Waals surface area contributed by atoms with Crippen LogP contribution in [0.4, 0.5) is 4.79 Å². The molecule has 3 N–H and O–H groups in total. The van der Waals surface area contributed by atoms with E-state index in [1.807, 2.05) is 31.2 Å². The number of carbonyl (C=O) groups is 3. The quantitative estimate of drug-likeness (QED) is 0.523. The van der Waals surface area contributed by atoms with Gasteiger partial charge in [0.1, 0.15) is 6.61 Å². The lowest BCUT2D eigenvalue weighted by Gasteiger charge is -2.17. The minimum Gasteiger partial charge on any atom is -0.481 e. The predicted molar refractivity (Wildman–Crippen MR) is 125 cm³/mol. The fraction of sp³-hybridized carbons (Fsp3) is 0.423. The van der Waals surface area contributed by atoms with Crippen LogP contribution in [0.2, 0.25) is 0 Å². The van der Waals surface area contributed by atoms with E-state index in [0.717, 1.165) is 11.1 Å². The van der Waals surface area contributed by atoms with Gasteiger partial charge >= 0.3 is 12.1 Å². The Morgan fingerprint density at radius 1 is 1.09 bits per heavy atom. The van der Waals surface area contributed by atoms with E-state index in [2.05, 4.69) is 34.9 Å². The summed E-state index contributed by atoms with van der Waals surface area (Å²) in [5.74, 6) is -1.53. The van der Waals surface area contributed by atoms with E-state index in [4.69, 9.17) is 14.6 Å². The molecule has 34 heavy (non-hydrogen) atoms. The molecule has 3 atom stereocenters. The monoisotopic (exact) mass is 466 g/mol. The highest BCUT2D eigenvalue weighted by molar-refractivity contribution is 5.80. The molecule has 2 amide bonds. The van der Waals surface area contributed by atoms with Gasteiger partial charge in [0, 0.05) is 18.5 Å². The lowest BCUT2D eigenvalue weighted by atomic mass is 9.98. The normalized spacial score (nSPS) is 19.7. The maximum absolute atomic E-state index is 12.4. The number of carboxylic acids is 1. The zero-order valence-electron chi connectivity index (χ0n) is 19.2. The third-order valence-corrected chi connectivity index (χ3v) is 6.53. The molecule has 2 aromatic carbocycles. The van der Waals surface area contributed by atoms with Crippen LogP contribution in [0.25, 0.3) is 11.1 Å². The van der Waals surface area contributed by atoms with E-state index >= 15 is 0 Å². The maximum atomic E-state index is 12.4. The van der Waals surface area contributed by atoms with E-state index < -0.39 is 18.1 Å². The van der Waals surface area contributed by atoms with Crippen molar-refractivity contribution in [3.05, 3.63) is 59.7 Å². The van der Waals surface area contributed by atoms with Crippen molar-refractivity contribution in [1.82, 2.24) is 10.6 Å². The molecule has 1 heterocycles. The number of rotatable bonds is 9. The molecule has 8 nitrogen and oxygen atoms in total. The summed E-state index contributed by atoms with van der Waals surface area (Å²) in [6, 6.07) is 15.9. The van der Waals surface area contributed by atoms with Crippen LogP contribution in [0.3, 0.4) is 0 Å². The Hall–Kier alpha value is -3.39. The number of carboxylic acid groups (broad SMARTS) is 1. The van der Waals surface area contributed by atoms with Crippen molar-refractivity contribution < 1.29 is 29.0 Å². The Morgan fingerprint density at radius 3 is 2.35 bits per heavy atom. The van der Waals surface area contributed by atoms with Crippen LogP contribution in [-0.4, -0.2) is 55.0 Å². The van der Waals surface area contributed by atoms with Crippen LogP contribution in [0, 0.1) is 5.92 Å². The Balaban J connectivity index is 1.23. The van der Waals surface area contributed by atoms with Gasteiger partial charge in [0.25, 0.3) is 0 Å². The number of nitrogens with one attached hydrogen (secondary N) is 2. The number of aliphatic carboxylic acids is 1. The molecule has 0 unspecified atom stereocenters. The SMILES string of the molecule is CC[C@@H](CC(=O)O)NC(=O)[C@@H]1CO[C@H](CNC(=O)OCC2c3ccccc3-c3ccccc32)C1. The van der Waals surface area contributed by atoms with Crippen LogP contribution in [0.15, 0.2) is 48.5 Å². The Labute approximate surface area is 198 Å². The number of fused-ring (bicyclic) bond motifs is 3. The molecule has 1 fully saturated rings. The van der Waals surface area contributed by atoms with Crippen LogP contribution in [0.5, 0.6) is 0 Å². The Kier molecular flexibility index (Phi) is 7.47. The molecule has 0 radical (unpaired) electrons. The summed E-state index contributed by atoms with van der Waals surface area (Å²) in [7, 11) is 0. The van der Waals surface area contributed by atoms with Gasteiger partial charge in [-0.3, -0.25) is 9.59 Å². The lowest BCUT2D eigenvalue weighted by molar-refractivity contribution is -0.137. The molecule has 180 valence electrons. The van der Waals surface area contributed by atoms with Crippen molar-refractivity contribution in [2.24, 2.45) is 5.92 Å². The van der Waals surface area contributed by atoms with Crippen molar-refractivity contribution >= 4 is 18.0 Å². The van der Waals surface area contributed by atoms with Crippen molar-refractivity contribution in [3.63, 3.8) is 0 Å². The van der Waals surface area contributed by atoms with E-state index in [-0.39, 0.29) is 50.0 Å². The highest BCUT2D eigenvalue weighted by Gasteiger charge is 2.33. The van der Waals surface area contributed by atoms with Gasteiger partial charge in [-0.1, -0.05) is 55.5 Å². The van der Waals surface area contributed by atoms with Crippen molar-refractivity contribution in [2.45, 2.75) is 44.2 Å². The summed E-state index contributed by atoms with van der Waals surface area (Å²) in [4.78, 5) is 35.7. The van der Waals surface area contributed by atoms with Gasteiger partial charge in [-0.2, -0.15) is 0 Å². The molecular formula is C26H30N2O6. The second-order valence-corrected chi connectivity index (χ2v) is 8.81. The van der Waals surface area contributed by atoms with E-state index in [0.29, 0.717) is 12.8 Å². The number of alkyl carbamates (subject to hydrolysis) is 1. The number of benzene rings is 2. The standard InChI is InChI=1S/C26H30N2O6/c1-2-17(12-24(29)30)28-25(31)16-11-18(33-14-16)13-27-26(32)34-15-23-21-9-5-3-7-19(21)20-8-4-6-10-22(20)23/h3-10,16-18,23H,2,11-15H2,1H3,(H,27,32)(H,28,31)(H,29,30)/t16-,17-,18-/m0/s1. The van der Waals surface area contributed by atoms with Gasteiger partial charge in [0.2, 0.25) is 5.91 Å². The average molecular weight is 467 g/mol. The first kappa shape index (κ1) is 23.8. The van der Waals surface area contributed by atoms with E-state index in [1.54, 1.807) is 0 Å². The number of amides is 2. The van der Waals surface area contributed by atoms with E-state index in [1.165, 1.54) is 11.1 Å². The van der Waals surface area contributed by atoms with Gasteiger partial charge in [-0.05, 0) is 35.1 Å². The van der Waals surface area contributed by atoms with Crippen LogP contribution in [0.1, 0.15) is 43.2 Å². The van der Waals surface area contributed by atoms with Gasteiger partial charge in [-0.15, -0.1) is 0 Å². The summed E-state index contributed by atoms with van der Waals surface area (Å²) in [6.45, 7) is 2.55. The minimum absolute atomic E-state index is 0.00808.